The van der Waals surface area contributed by atoms with Crippen molar-refractivity contribution >= 4 is 23.9 Å². The minimum absolute atomic E-state index is 0.0922. The van der Waals surface area contributed by atoms with Gasteiger partial charge >= 0.3 is 23.9 Å². The molecule has 0 aliphatic carbocycles. The van der Waals surface area contributed by atoms with E-state index in [0.717, 1.165) is 122 Å². The lowest BCUT2D eigenvalue weighted by Crippen LogP contribution is -2.26. The van der Waals surface area contributed by atoms with E-state index in [4.69, 9.17) is 24.7 Å². The molecule has 2 N–H and O–H groups in total. The molecule has 0 saturated carbocycles. The van der Waals surface area contributed by atoms with E-state index in [-0.39, 0.29) is 37.4 Å². The molecule has 0 amide bonds. The van der Waals surface area contributed by atoms with Crippen molar-refractivity contribution in [3.05, 3.63) is 24.3 Å². The summed E-state index contributed by atoms with van der Waals surface area (Å²) in [6.45, 7) is 4.38. The highest BCUT2D eigenvalue weighted by molar-refractivity contribution is 5.94. The van der Waals surface area contributed by atoms with Gasteiger partial charge < -0.3 is 14.9 Å². The number of hydrogen-bond donors (Lipinski definition) is 2. The molecule has 9 nitrogen and oxygen atoms in total. The monoisotopic (exact) mass is 692 g/mol. The Morgan fingerprint density at radius 3 is 1.63 bits per heavy atom. The molecular formula is C40H68O9. The van der Waals surface area contributed by atoms with Crippen molar-refractivity contribution in [2.24, 2.45) is 11.8 Å². The molecule has 1 rings (SSSR count). The first-order valence-electron chi connectivity index (χ1n) is 19.6. The van der Waals surface area contributed by atoms with Crippen LogP contribution in [0.4, 0.5) is 0 Å². The van der Waals surface area contributed by atoms with Gasteiger partial charge in [-0.2, -0.15) is 0 Å². The number of rotatable bonds is 34. The lowest BCUT2D eigenvalue weighted by molar-refractivity contribution is -0.335. The van der Waals surface area contributed by atoms with Crippen molar-refractivity contribution in [2.45, 2.75) is 193 Å². The molecule has 1 aliphatic rings. The predicted molar refractivity (Wildman–Crippen MR) is 193 cm³/mol. The molecule has 0 aromatic rings. The number of esters is 2. The fourth-order valence-corrected chi connectivity index (χ4v) is 6.34. The first kappa shape index (κ1) is 44.5. The molecule has 1 fully saturated rings. The minimum atomic E-state index is -0.767. The van der Waals surface area contributed by atoms with E-state index in [1.165, 1.54) is 12.8 Å². The number of carboxylic acids is 2. The zero-order valence-corrected chi connectivity index (χ0v) is 30.8. The summed E-state index contributed by atoms with van der Waals surface area (Å²) in [4.78, 5) is 58.6. The van der Waals surface area contributed by atoms with E-state index in [2.05, 4.69) is 38.2 Å². The highest BCUT2D eigenvalue weighted by Crippen LogP contribution is 2.33. The SMILES string of the molecule is CCCCC/C=C/C(CCCCCCCCCC(=O)O)OOC(/C=C/CCCCC)CC(CCCCCCCC(=O)O)C1CC(=O)OC1=O. The molecule has 1 saturated heterocycles. The van der Waals surface area contributed by atoms with Crippen LogP contribution in [0.1, 0.15) is 181 Å². The van der Waals surface area contributed by atoms with E-state index >= 15 is 0 Å². The number of carbonyl (C=O) groups is 4. The first-order chi connectivity index (χ1) is 23.8. The Labute approximate surface area is 296 Å². The Hall–Kier alpha value is -2.52. The number of allylic oxidation sites excluding steroid dienone is 2. The number of carboxylic acid groups (broad SMARTS) is 2. The van der Waals surface area contributed by atoms with Crippen LogP contribution in [0.5, 0.6) is 0 Å². The van der Waals surface area contributed by atoms with Gasteiger partial charge in [0, 0.05) is 12.8 Å². The van der Waals surface area contributed by atoms with Crippen LogP contribution in [0.2, 0.25) is 0 Å². The smallest absolute Gasteiger partial charge is 0.317 e. The Bertz CT molecular complexity index is 944. The number of carbonyl (C=O) groups excluding carboxylic acids is 2. The lowest BCUT2D eigenvalue weighted by Gasteiger charge is -2.25. The second-order valence-corrected chi connectivity index (χ2v) is 13.8. The van der Waals surface area contributed by atoms with Crippen LogP contribution in [0.15, 0.2) is 24.3 Å². The van der Waals surface area contributed by atoms with E-state index in [0.29, 0.717) is 12.8 Å². The van der Waals surface area contributed by atoms with Crippen molar-refractivity contribution in [1.82, 2.24) is 0 Å². The van der Waals surface area contributed by atoms with Crippen molar-refractivity contribution in [1.29, 1.82) is 0 Å². The fourth-order valence-electron chi connectivity index (χ4n) is 6.34. The summed E-state index contributed by atoms with van der Waals surface area (Å²) in [5, 5.41) is 17.7. The van der Waals surface area contributed by atoms with Gasteiger partial charge in [-0.1, -0.05) is 128 Å². The van der Waals surface area contributed by atoms with Crippen molar-refractivity contribution in [3.8, 4) is 0 Å². The summed E-state index contributed by atoms with van der Waals surface area (Å²) in [5.41, 5.74) is 0. The van der Waals surface area contributed by atoms with Gasteiger partial charge in [0.15, 0.2) is 0 Å². The average Bonchev–Trinajstić information content (AvgIpc) is 3.41. The summed E-state index contributed by atoms with van der Waals surface area (Å²) < 4.78 is 4.96. The molecule has 282 valence electrons. The van der Waals surface area contributed by atoms with Crippen LogP contribution in [0, 0.1) is 11.8 Å². The second-order valence-electron chi connectivity index (χ2n) is 13.8. The number of cyclic esters (lactones) is 2. The topological polar surface area (TPSA) is 136 Å². The Morgan fingerprint density at radius 1 is 0.673 bits per heavy atom. The van der Waals surface area contributed by atoms with Gasteiger partial charge in [-0.25, -0.2) is 9.78 Å². The van der Waals surface area contributed by atoms with Crippen molar-refractivity contribution in [3.63, 3.8) is 0 Å². The van der Waals surface area contributed by atoms with Gasteiger partial charge in [-0.15, -0.1) is 0 Å². The quantitative estimate of drug-likeness (QED) is 0.0168. The molecule has 0 bridgehead atoms. The molecule has 4 atom stereocenters. The molecule has 1 aliphatic heterocycles. The maximum atomic E-state index is 12.7. The van der Waals surface area contributed by atoms with Gasteiger partial charge in [0.25, 0.3) is 0 Å². The molecule has 4 unspecified atom stereocenters. The lowest BCUT2D eigenvalue weighted by atomic mass is 9.82. The molecule has 0 spiro atoms. The molecular weight excluding hydrogens is 624 g/mol. The largest absolute Gasteiger partial charge is 0.481 e. The number of hydrogen-bond acceptors (Lipinski definition) is 7. The third-order valence-electron chi connectivity index (χ3n) is 9.31. The summed E-state index contributed by atoms with van der Waals surface area (Å²) in [5.74, 6) is -2.98. The molecule has 49 heavy (non-hydrogen) atoms. The second kappa shape index (κ2) is 30.3. The van der Waals surface area contributed by atoms with Gasteiger partial charge in [0.1, 0.15) is 12.2 Å². The molecule has 9 heteroatoms. The van der Waals surface area contributed by atoms with E-state index in [1.54, 1.807) is 0 Å². The summed E-state index contributed by atoms with van der Waals surface area (Å²) >= 11 is 0. The fraction of sp³-hybridized carbons (Fsp3) is 0.800. The maximum absolute atomic E-state index is 12.7. The summed E-state index contributed by atoms with van der Waals surface area (Å²) in [6.07, 6.45) is 30.8. The molecule has 0 aromatic heterocycles. The first-order valence-corrected chi connectivity index (χ1v) is 19.6. The summed E-state index contributed by atoms with van der Waals surface area (Å²) in [7, 11) is 0. The van der Waals surface area contributed by atoms with Gasteiger partial charge in [0.05, 0.1) is 12.3 Å². The van der Waals surface area contributed by atoms with Crippen LogP contribution in [-0.2, 0) is 33.7 Å². The van der Waals surface area contributed by atoms with Crippen LogP contribution < -0.4 is 0 Å². The minimum Gasteiger partial charge on any atom is -0.481 e. The highest BCUT2D eigenvalue weighted by Gasteiger charge is 2.39. The van der Waals surface area contributed by atoms with Gasteiger partial charge in [0.2, 0.25) is 0 Å². The van der Waals surface area contributed by atoms with Gasteiger partial charge in [-0.05, 0) is 63.7 Å². The number of aliphatic carboxylic acids is 2. The van der Waals surface area contributed by atoms with Crippen LogP contribution in [0.3, 0.4) is 0 Å². The summed E-state index contributed by atoms with van der Waals surface area (Å²) in [6, 6.07) is 0. The molecule has 0 aromatic carbocycles. The van der Waals surface area contributed by atoms with E-state index in [9.17, 15) is 19.2 Å². The third-order valence-corrected chi connectivity index (χ3v) is 9.31. The standard InChI is InChI=1S/C40H68O9/c1-3-5-7-13-20-26-34(27-21-16-10-9-11-17-23-29-37(41)42)48-49-35(28-22-14-8-6-4-2)31-33(36-32-39(45)47-40(36)46)25-19-15-12-18-24-30-38(43)44/h20,22,26,28,33-36H,3-19,21,23-25,27,29-32H2,1-2H3,(H,41,42)(H,43,44)/b26-20+,28-22+. The Kier molecular flexibility index (Phi) is 27.5. The zero-order valence-electron chi connectivity index (χ0n) is 30.8. The molecule has 1 heterocycles. The van der Waals surface area contributed by atoms with Crippen molar-refractivity contribution < 1.29 is 43.9 Å². The Balaban J connectivity index is 2.86. The van der Waals surface area contributed by atoms with Crippen molar-refractivity contribution in [2.75, 3.05) is 0 Å². The molecule has 0 radical (unpaired) electrons. The number of ether oxygens (including phenoxy) is 1. The Morgan fingerprint density at radius 2 is 1.14 bits per heavy atom. The average molecular weight is 693 g/mol. The third kappa shape index (κ3) is 25.1. The highest BCUT2D eigenvalue weighted by atomic mass is 17.2. The van der Waals surface area contributed by atoms with E-state index < -0.39 is 29.8 Å². The predicted octanol–water partition coefficient (Wildman–Crippen LogP) is 10.5. The van der Waals surface area contributed by atoms with E-state index in [1.807, 2.05) is 0 Å². The zero-order chi connectivity index (χ0) is 36.0. The van der Waals surface area contributed by atoms with Gasteiger partial charge in [-0.3, -0.25) is 19.2 Å². The van der Waals surface area contributed by atoms with Crippen LogP contribution >= 0.6 is 0 Å². The van der Waals surface area contributed by atoms with Crippen LogP contribution in [-0.4, -0.2) is 46.3 Å². The normalized spacial score (nSPS) is 16.8. The number of unbranched alkanes of at least 4 members (excludes halogenated alkanes) is 16. The maximum Gasteiger partial charge on any atom is 0.317 e. The van der Waals surface area contributed by atoms with Crippen LogP contribution in [0.25, 0.3) is 0 Å².